The number of hydrogen-bond acceptors (Lipinski definition) is 4. The number of benzene rings is 3. The van der Waals surface area contributed by atoms with Gasteiger partial charge in [-0.25, -0.2) is 0 Å². The molecule has 26 heavy (non-hydrogen) atoms. The zero-order valence-corrected chi connectivity index (χ0v) is 15.3. The number of ether oxygens (including phenoxy) is 2. The molecule has 1 heterocycles. The van der Waals surface area contributed by atoms with Gasteiger partial charge in [0.15, 0.2) is 0 Å². The largest absolute Gasteiger partial charge is 0.490 e. The standard InChI is InChI=1S/C22H24N2O2/c1-3-24(4-2)17-8-10-19-16(14-17)6-5-7-21(19)26-18-9-11-22-20(15-18)23-12-13-25-22/h5-11,14-15,23H,3-4,12-13H2,1-2H3. The molecule has 0 atom stereocenters. The molecule has 0 bridgehead atoms. The van der Waals surface area contributed by atoms with Crippen LogP contribution in [0.25, 0.3) is 10.8 Å². The van der Waals surface area contributed by atoms with Crippen molar-refractivity contribution in [2.24, 2.45) is 0 Å². The van der Waals surface area contributed by atoms with Gasteiger partial charge in [-0.05, 0) is 55.6 Å². The lowest BCUT2D eigenvalue weighted by molar-refractivity contribution is 0.322. The summed E-state index contributed by atoms with van der Waals surface area (Å²) in [7, 11) is 0. The summed E-state index contributed by atoms with van der Waals surface area (Å²) in [4.78, 5) is 2.35. The van der Waals surface area contributed by atoms with Gasteiger partial charge in [-0.1, -0.05) is 12.1 Å². The third-order valence-corrected chi connectivity index (χ3v) is 4.81. The van der Waals surface area contributed by atoms with Crippen molar-refractivity contribution in [3.63, 3.8) is 0 Å². The second-order valence-corrected chi connectivity index (χ2v) is 6.37. The summed E-state index contributed by atoms with van der Waals surface area (Å²) in [6.45, 7) is 7.89. The van der Waals surface area contributed by atoms with Crippen molar-refractivity contribution in [1.82, 2.24) is 0 Å². The molecule has 3 aromatic carbocycles. The smallest absolute Gasteiger partial charge is 0.142 e. The van der Waals surface area contributed by atoms with Gasteiger partial charge in [-0.2, -0.15) is 0 Å². The van der Waals surface area contributed by atoms with Crippen LogP contribution in [0.15, 0.2) is 54.6 Å². The molecule has 0 unspecified atom stereocenters. The zero-order valence-electron chi connectivity index (χ0n) is 15.3. The monoisotopic (exact) mass is 348 g/mol. The quantitative estimate of drug-likeness (QED) is 0.680. The minimum absolute atomic E-state index is 0.700. The number of fused-ring (bicyclic) bond motifs is 2. The molecule has 0 aliphatic carbocycles. The predicted molar refractivity (Wildman–Crippen MR) is 108 cm³/mol. The fourth-order valence-electron chi connectivity index (χ4n) is 3.43. The average molecular weight is 348 g/mol. The fraction of sp³-hybridized carbons (Fsp3) is 0.273. The highest BCUT2D eigenvalue weighted by atomic mass is 16.5. The molecule has 0 radical (unpaired) electrons. The molecule has 1 aliphatic rings. The maximum atomic E-state index is 6.20. The van der Waals surface area contributed by atoms with Gasteiger partial charge in [-0.15, -0.1) is 0 Å². The predicted octanol–water partition coefficient (Wildman–Crippen LogP) is 5.28. The number of nitrogens with zero attached hydrogens (tertiary/aromatic N) is 1. The van der Waals surface area contributed by atoms with Crippen LogP contribution in [0.2, 0.25) is 0 Å². The number of rotatable bonds is 5. The Morgan fingerprint density at radius 2 is 1.92 bits per heavy atom. The van der Waals surface area contributed by atoms with E-state index in [9.17, 15) is 0 Å². The van der Waals surface area contributed by atoms with Crippen molar-refractivity contribution in [1.29, 1.82) is 0 Å². The second kappa shape index (κ2) is 7.16. The van der Waals surface area contributed by atoms with Crippen molar-refractivity contribution in [3.05, 3.63) is 54.6 Å². The minimum Gasteiger partial charge on any atom is -0.490 e. The van der Waals surface area contributed by atoms with Crippen molar-refractivity contribution in [2.45, 2.75) is 13.8 Å². The van der Waals surface area contributed by atoms with Crippen LogP contribution in [0.5, 0.6) is 17.2 Å². The Morgan fingerprint density at radius 1 is 1.04 bits per heavy atom. The van der Waals surface area contributed by atoms with Gasteiger partial charge in [0, 0.05) is 36.8 Å². The van der Waals surface area contributed by atoms with E-state index < -0.39 is 0 Å². The third kappa shape index (κ3) is 3.15. The Hall–Kier alpha value is -2.88. The van der Waals surface area contributed by atoms with Crippen molar-refractivity contribution in [3.8, 4) is 17.2 Å². The van der Waals surface area contributed by atoms with E-state index in [-0.39, 0.29) is 0 Å². The van der Waals surface area contributed by atoms with Gasteiger partial charge in [-0.3, -0.25) is 0 Å². The molecule has 0 spiro atoms. The van der Waals surface area contributed by atoms with E-state index in [1.807, 2.05) is 30.3 Å². The molecule has 0 fully saturated rings. The SMILES string of the molecule is CCN(CC)c1ccc2c(Oc3ccc4c(c3)NCCO4)cccc2c1. The Bertz CT molecular complexity index is 919. The highest BCUT2D eigenvalue weighted by Crippen LogP contribution is 2.36. The normalized spacial score (nSPS) is 12.8. The first-order chi connectivity index (χ1) is 12.8. The molecule has 0 amide bonds. The molecule has 4 rings (SSSR count). The molecule has 4 heteroatoms. The fourth-order valence-corrected chi connectivity index (χ4v) is 3.43. The molecule has 0 saturated heterocycles. The van der Waals surface area contributed by atoms with Crippen LogP contribution in [-0.4, -0.2) is 26.2 Å². The van der Waals surface area contributed by atoms with Gasteiger partial charge in [0.05, 0.1) is 5.69 Å². The lowest BCUT2D eigenvalue weighted by atomic mass is 10.1. The lowest BCUT2D eigenvalue weighted by Gasteiger charge is -2.22. The van der Waals surface area contributed by atoms with E-state index in [2.05, 4.69) is 48.3 Å². The molecule has 0 aromatic heterocycles. The first-order valence-electron chi connectivity index (χ1n) is 9.24. The highest BCUT2D eigenvalue weighted by molar-refractivity contribution is 5.91. The summed E-state index contributed by atoms with van der Waals surface area (Å²) in [5, 5.41) is 5.65. The second-order valence-electron chi connectivity index (χ2n) is 6.37. The van der Waals surface area contributed by atoms with Crippen LogP contribution < -0.4 is 19.7 Å². The van der Waals surface area contributed by atoms with Gasteiger partial charge in [0.2, 0.25) is 0 Å². The van der Waals surface area contributed by atoms with Crippen molar-refractivity contribution < 1.29 is 9.47 Å². The van der Waals surface area contributed by atoms with E-state index >= 15 is 0 Å². The molecular weight excluding hydrogens is 324 g/mol. The van der Waals surface area contributed by atoms with Crippen LogP contribution in [0, 0.1) is 0 Å². The summed E-state index contributed by atoms with van der Waals surface area (Å²) in [6, 6.07) is 18.7. The van der Waals surface area contributed by atoms with Crippen molar-refractivity contribution >= 4 is 22.1 Å². The molecule has 4 nitrogen and oxygen atoms in total. The Labute approximate surface area is 154 Å². The van der Waals surface area contributed by atoms with E-state index in [0.29, 0.717) is 6.61 Å². The number of anilines is 2. The van der Waals surface area contributed by atoms with Gasteiger partial charge in [0.1, 0.15) is 23.9 Å². The van der Waals surface area contributed by atoms with E-state index in [1.54, 1.807) is 0 Å². The van der Waals surface area contributed by atoms with E-state index in [4.69, 9.17) is 9.47 Å². The third-order valence-electron chi connectivity index (χ3n) is 4.81. The topological polar surface area (TPSA) is 33.7 Å². The van der Waals surface area contributed by atoms with Crippen molar-refractivity contribution in [2.75, 3.05) is 36.5 Å². The Morgan fingerprint density at radius 3 is 2.77 bits per heavy atom. The minimum atomic E-state index is 0.700. The molecule has 3 aromatic rings. The number of hydrogen-bond donors (Lipinski definition) is 1. The highest BCUT2D eigenvalue weighted by Gasteiger charge is 2.12. The molecule has 134 valence electrons. The Kier molecular flexibility index (Phi) is 4.57. The average Bonchev–Trinajstić information content (AvgIpc) is 2.69. The summed E-state index contributed by atoms with van der Waals surface area (Å²) >= 11 is 0. The maximum Gasteiger partial charge on any atom is 0.142 e. The molecule has 0 saturated carbocycles. The first-order valence-corrected chi connectivity index (χ1v) is 9.24. The summed E-state index contributed by atoms with van der Waals surface area (Å²) in [6.07, 6.45) is 0. The van der Waals surface area contributed by atoms with E-state index in [0.717, 1.165) is 48.0 Å². The van der Waals surface area contributed by atoms with Crippen LogP contribution in [0.4, 0.5) is 11.4 Å². The molecular formula is C22H24N2O2. The van der Waals surface area contributed by atoms with Crippen LogP contribution in [0.1, 0.15) is 13.8 Å². The van der Waals surface area contributed by atoms with Crippen LogP contribution in [0.3, 0.4) is 0 Å². The van der Waals surface area contributed by atoms with Crippen LogP contribution in [-0.2, 0) is 0 Å². The maximum absolute atomic E-state index is 6.20. The molecule has 1 aliphatic heterocycles. The van der Waals surface area contributed by atoms with Gasteiger partial charge >= 0.3 is 0 Å². The molecule has 1 N–H and O–H groups in total. The van der Waals surface area contributed by atoms with Crippen LogP contribution >= 0.6 is 0 Å². The first kappa shape index (κ1) is 16.6. The lowest BCUT2D eigenvalue weighted by Crippen LogP contribution is -2.21. The summed E-state index contributed by atoms with van der Waals surface area (Å²) in [5.74, 6) is 2.55. The van der Waals surface area contributed by atoms with Gasteiger partial charge in [0.25, 0.3) is 0 Å². The number of nitrogens with one attached hydrogen (secondary N) is 1. The Balaban J connectivity index is 1.66. The summed E-state index contributed by atoms with van der Waals surface area (Å²) < 4.78 is 11.8. The zero-order chi connectivity index (χ0) is 17.9. The summed E-state index contributed by atoms with van der Waals surface area (Å²) in [5.41, 5.74) is 2.23. The van der Waals surface area contributed by atoms with Gasteiger partial charge < -0.3 is 19.7 Å². The van der Waals surface area contributed by atoms with E-state index in [1.165, 1.54) is 11.1 Å².